The molecule has 2 amide bonds. The first-order valence-corrected chi connectivity index (χ1v) is 12.5. The zero-order valence-corrected chi connectivity index (χ0v) is 22.1. The SMILES string of the molecule is C=C.CC(N=C1CN=C(c2ccccc2Cl)c2cc(Cl)ccc2N1)C(=O)CN1C(=O)c2ccccc2C1=O. The summed E-state index contributed by atoms with van der Waals surface area (Å²) in [6, 6.07) is 18.5. The number of hydrogen-bond acceptors (Lipinski definition) is 5. The number of nitrogens with one attached hydrogen (secondary N) is 1. The molecule has 192 valence electrons. The number of hydrogen-bond donors (Lipinski definition) is 1. The van der Waals surface area contributed by atoms with Gasteiger partial charge in [0.25, 0.3) is 11.8 Å². The maximum atomic E-state index is 13.0. The van der Waals surface area contributed by atoms with Crippen LogP contribution in [-0.4, -0.2) is 53.2 Å². The normalized spacial score (nSPS) is 15.9. The number of imide groups is 1. The van der Waals surface area contributed by atoms with Crippen molar-refractivity contribution >= 4 is 58.0 Å². The second-order valence-corrected chi connectivity index (χ2v) is 9.26. The summed E-state index contributed by atoms with van der Waals surface area (Å²) in [6.07, 6.45) is 0. The summed E-state index contributed by atoms with van der Waals surface area (Å²) in [6.45, 7) is 7.43. The topological polar surface area (TPSA) is 91.2 Å². The predicted octanol–water partition coefficient (Wildman–Crippen LogP) is 5.71. The van der Waals surface area contributed by atoms with Gasteiger partial charge in [-0.25, -0.2) is 0 Å². The van der Waals surface area contributed by atoms with Gasteiger partial charge in [0.2, 0.25) is 0 Å². The van der Waals surface area contributed by atoms with E-state index in [2.05, 4.69) is 23.5 Å². The number of nitrogens with zero attached hydrogens (tertiary/aromatic N) is 3. The number of amidine groups is 1. The molecule has 0 saturated carbocycles. The molecule has 2 heterocycles. The van der Waals surface area contributed by atoms with Gasteiger partial charge in [0, 0.05) is 26.9 Å². The summed E-state index contributed by atoms with van der Waals surface area (Å²) in [5, 5.41) is 4.34. The smallest absolute Gasteiger partial charge is 0.261 e. The van der Waals surface area contributed by atoms with Crippen molar-refractivity contribution in [2.24, 2.45) is 9.98 Å². The molecule has 3 aromatic carbocycles. The number of anilines is 1. The van der Waals surface area contributed by atoms with Gasteiger partial charge < -0.3 is 5.32 Å². The summed E-state index contributed by atoms with van der Waals surface area (Å²) in [5.41, 5.74) is 3.48. The van der Waals surface area contributed by atoms with Gasteiger partial charge in [0.1, 0.15) is 11.9 Å². The minimum absolute atomic E-state index is 0.164. The van der Waals surface area contributed by atoms with E-state index in [4.69, 9.17) is 28.2 Å². The van der Waals surface area contributed by atoms with E-state index in [1.807, 2.05) is 24.3 Å². The Labute approximate surface area is 230 Å². The van der Waals surface area contributed by atoms with E-state index in [0.29, 0.717) is 38.4 Å². The first kappa shape index (κ1) is 27.0. The molecule has 1 N–H and O–H groups in total. The highest BCUT2D eigenvalue weighted by Crippen LogP contribution is 2.29. The predicted molar refractivity (Wildman–Crippen MR) is 152 cm³/mol. The van der Waals surface area contributed by atoms with Gasteiger partial charge >= 0.3 is 0 Å². The molecule has 1 atom stereocenters. The van der Waals surface area contributed by atoms with Crippen LogP contribution in [0.5, 0.6) is 0 Å². The van der Waals surface area contributed by atoms with Crippen molar-refractivity contribution in [3.8, 4) is 0 Å². The van der Waals surface area contributed by atoms with Crippen LogP contribution in [0.25, 0.3) is 0 Å². The van der Waals surface area contributed by atoms with Crippen LogP contribution in [0.15, 0.2) is 89.9 Å². The summed E-state index contributed by atoms with van der Waals surface area (Å²) in [7, 11) is 0. The lowest BCUT2D eigenvalue weighted by Crippen LogP contribution is -2.38. The van der Waals surface area contributed by atoms with E-state index in [1.165, 1.54) is 0 Å². The quantitative estimate of drug-likeness (QED) is 0.327. The lowest BCUT2D eigenvalue weighted by Gasteiger charge is -2.16. The highest BCUT2D eigenvalue weighted by atomic mass is 35.5. The molecular weight excluding hydrogens is 523 g/mol. The number of amides is 2. The number of carbonyl (C=O) groups excluding carboxylic acids is 3. The average molecular weight is 547 g/mol. The number of fused-ring (bicyclic) bond motifs is 2. The van der Waals surface area contributed by atoms with Crippen LogP contribution in [0.2, 0.25) is 10.0 Å². The molecule has 2 aliphatic rings. The minimum Gasteiger partial charge on any atom is -0.342 e. The standard InChI is InChI=1S/C27H20Cl2N4O3.C2H4/c1-15(23(34)14-33-26(35)17-6-2-3-7-18(17)27(33)36)31-24-13-30-25(19-8-4-5-9-21(19)29)20-12-16(28)10-11-22(20)32-24;1-2/h2-12,15H,13-14H2,1H3,(H,31,32);1-2H2. The molecular formula is C29H24Cl2N4O3. The molecule has 0 aliphatic carbocycles. The number of Topliss-reactive ketones (excluding diaryl/α,β-unsaturated/α-hetero) is 1. The third kappa shape index (κ3) is 5.30. The second kappa shape index (κ2) is 11.5. The van der Waals surface area contributed by atoms with Gasteiger partial charge in [0.15, 0.2) is 5.78 Å². The van der Waals surface area contributed by atoms with Gasteiger partial charge in [-0.05, 0) is 43.3 Å². The monoisotopic (exact) mass is 546 g/mol. The van der Waals surface area contributed by atoms with Crippen LogP contribution >= 0.6 is 23.2 Å². The molecule has 9 heteroatoms. The van der Waals surface area contributed by atoms with Crippen LogP contribution < -0.4 is 5.32 Å². The largest absolute Gasteiger partial charge is 0.342 e. The van der Waals surface area contributed by atoms with Crippen molar-refractivity contribution in [3.63, 3.8) is 0 Å². The first-order chi connectivity index (χ1) is 18.3. The molecule has 7 nitrogen and oxygen atoms in total. The van der Waals surface area contributed by atoms with Crippen molar-refractivity contribution < 1.29 is 14.4 Å². The zero-order valence-electron chi connectivity index (χ0n) is 20.6. The number of aliphatic imine (C=N–C) groups is 2. The van der Waals surface area contributed by atoms with E-state index < -0.39 is 17.9 Å². The van der Waals surface area contributed by atoms with Crippen LogP contribution in [0.3, 0.4) is 0 Å². The lowest BCUT2D eigenvalue weighted by molar-refractivity contribution is -0.120. The highest BCUT2D eigenvalue weighted by molar-refractivity contribution is 6.37. The summed E-state index contributed by atoms with van der Waals surface area (Å²) in [4.78, 5) is 48.5. The van der Waals surface area contributed by atoms with Crippen molar-refractivity contribution in [2.45, 2.75) is 13.0 Å². The maximum absolute atomic E-state index is 13.0. The summed E-state index contributed by atoms with van der Waals surface area (Å²) >= 11 is 12.7. The van der Waals surface area contributed by atoms with Crippen LogP contribution in [0.1, 0.15) is 38.8 Å². The number of halogens is 2. The van der Waals surface area contributed by atoms with E-state index in [9.17, 15) is 14.4 Å². The average Bonchev–Trinajstić information content (AvgIpc) is 3.05. The molecule has 0 bridgehead atoms. The van der Waals surface area contributed by atoms with E-state index in [1.54, 1.807) is 49.4 Å². The summed E-state index contributed by atoms with van der Waals surface area (Å²) in [5.74, 6) is -0.856. The zero-order chi connectivity index (χ0) is 27.4. The number of carbonyl (C=O) groups is 3. The van der Waals surface area contributed by atoms with Gasteiger partial charge in [-0.2, -0.15) is 0 Å². The fraction of sp³-hybridized carbons (Fsp3) is 0.138. The molecule has 38 heavy (non-hydrogen) atoms. The van der Waals surface area contributed by atoms with Crippen molar-refractivity contribution in [2.75, 3.05) is 18.4 Å². The molecule has 2 aliphatic heterocycles. The molecule has 0 radical (unpaired) electrons. The molecule has 0 fully saturated rings. The molecule has 5 rings (SSSR count). The van der Waals surface area contributed by atoms with Gasteiger partial charge in [0.05, 0.1) is 29.9 Å². The number of benzene rings is 3. The second-order valence-electron chi connectivity index (χ2n) is 8.42. The first-order valence-electron chi connectivity index (χ1n) is 11.7. The van der Waals surface area contributed by atoms with Crippen LogP contribution in [0, 0.1) is 0 Å². The lowest BCUT2D eigenvalue weighted by atomic mass is 10.0. The Morgan fingerprint density at radius 3 is 2.21 bits per heavy atom. The third-order valence-corrected chi connectivity index (χ3v) is 6.60. The Hall–Kier alpha value is -4.07. The van der Waals surface area contributed by atoms with Crippen LogP contribution in [-0.2, 0) is 4.79 Å². The molecule has 0 saturated heterocycles. The van der Waals surface area contributed by atoms with E-state index in [0.717, 1.165) is 16.0 Å². The minimum atomic E-state index is -0.815. The fourth-order valence-corrected chi connectivity index (χ4v) is 4.59. The molecule has 1 unspecified atom stereocenters. The van der Waals surface area contributed by atoms with Gasteiger partial charge in [-0.1, -0.05) is 53.5 Å². The fourth-order valence-electron chi connectivity index (χ4n) is 4.19. The molecule has 3 aromatic rings. The maximum Gasteiger partial charge on any atom is 0.261 e. The Balaban J connectivity index is 0.00000164. The van der Waals surface area contributed by atoms with E-state index in [-0.39, 0.29) is 18.9 Å². The Morgan fingerprint density at radius 2 is 1.58 bits per heavy atom. The number of rotatable bonds is 5. The van der Waals surface area contributed by atoms with Gasteiger partial charge in [-0.3, -0.25) is 29.3 Å². The van der Waals surface area contributed by atoms with Crippen molar-refractivity contribution in [1.29, 1.82) is 0 Å². The number of ketones is 1. The molecule has 0 aromatic heterocycles. The van der Waals surface area contributed by atoms with Crippen molar-refractivity contribution in [3.05, 3.63) is 112 Å². The Bertz CT molecular complexity index is 1460. The van der Waals surface area contributed by atoms with E-state index >= 15 is 0 Å². The highest BCUT2D eigenvalue weighted by Gasteiger charge is 2.37. The number of benzodiazepines with no additional fused rings is 1. The van der Waals surface area contributed by atoms with Gasteiger partial charge in [-0.15, -0.1) is 13.2 Å². The molecule has 0 spiro atoms. The Kier molecular flexibility index (Phi) is 8.20. The summed E-state index contributed by atoms with van der Waals surface area (Å²) < 4.78 is 0. The van der Waals surface area contributed by atoms with Crippen molar-refractivity contribution in [1.82, 2.24) is 4.90 Å². The third-order valence-electron chi connectivity index (χ3n) is 6.04. The van der Waals surface area contributed by atoms with Crippen LogP contribution in [0.4, 0.5) is 5.69 Å². The Morgan fingerprint density at radius 1 is 0.974 bits per heavy atom.